The zero-order chi connectivity index (χ0) is 22.0. The molecule has 0 spiro atoms. The SMILES string of the molecule is CCOC(=O)c1sc2nc(C(C)N3CCC(Cc4ccccc4)CC3)[nH]c(=O)c2c1C. The molecule has 164 valence electrons. The minimum Gasteiger partial charge on any atom is -0.462 e. The van der Waals surface area contributed by atoms with Crippen molar-refractivity contribution in [3.05, 3.63) is 62.5 Å². The monoisotopic (exact) mass is 439 g/mol. The van der Waals surface area contributed by atoms with Gasteiger partial charge in [0.2, 0.25) is 0 Å². The summed E-state index contributed by atoms with van der Waals surface area (Å²) in [6.07, 6.45) is 3.39. The molecule has 0 saturated carbocycles. The van der Waals surface area contributed by atoms with E-state index in [1.165, 1.54) is 16.9 Å². The highest BCUT2D eigenvalue weighted by Gasteiger charge is 2.26. The van der Waals surface area contributed by atoms with Gasteiger partial charge in [0.25, 0.3) is 5.56 Å². The van der Waals surface area contributed by atoms with Crippen molar-refractivity contribution in [2.75, 3.05) is 19.7 Å². The molecule has 1 N–H and O–H groups in total. The number of nitrogens with zero attached hydrogens (tertiary/aromatic N) is 2. The zero-order valence-corrected chi connectivity index (χ0v) is 19.1. The van der Waals surface area contributed by atoms with E-state index >= 15 is 0 Å². The van der Waals surface area contributed by atoms with E-state index in [9.17, 15) is 9.59 Å². The Hall–Kier alpha value is -2.51. The number of likely N-dealkylation sites (tertiary alicyclic amines) is 1. The van der Waals surface area contributed by atoms with E-state index in [0.29, 0.717) is 39.0 Å². The topological polar surface area (TPSA) is 75.3 Å². The summed E-state index contributed by atoms with van der Waals surface area (Å²) in [5.74, 6) is 0.959. The van der Waals surface area contributed by atoms with Crippen LogP contribution in [0.2, 0.25) is 0 Å². The van der Waals surface area contributed by atoms with Crippen LogP contribution in [0.4, 0.5) is 0 Å². The van der Waals surface area contributed by atoms with Crippen molar-refractivity contribution in [1.82, 2.24) is 14.9 Å². The van der Waals surface area contributed by atoms with Crippen LogP contribution >= 0.6 is 11.3 Å². The summed E-state index contributed by atoms with van der Waals surface area (Å²) >= 11 is 1.24. The Balaban J connectivity index is 1.48. The van der Waals surface area contributed by atoms with Gasteiger partial charge in [-0.05, 0) is 70.2 Å². The van der Waals surface area contributed by atoms with Gasteiger partial charge in [-0.1, -0.05) is 30.3 Å². The molecule has 1 saturated heterocycles. The quantitative estimate of drug-likeness (QED) is 0.573. The van der Waals surface area contributed by atoms with Crippen molar-refractivity contribution >= 4 is 27.5 Å². The molecule has 2 aromatic heterocycles. The summed E-state index contributed by atoms with van der Waals surface area (Å²) in [6, 6.07) is 10.7. The smallest absolute Gasteiger partial charge is 0.348 e. The maximum atomic E-state index is 12.8. The summed E-state index contributed by atoms with van der Waals surface area (Å²) in [7, 11) is 0. The molecule has 1 fully saturated rings. The number of esters is 1. The molecule has 6 nitrogen and oxygen atoms in total. The number of hydrogen-bond donors (Lipinski definition) is 1. The first-order valence-electron chi connectivity index (χ1n) is 11.0. The van der Waals surface area contributed by atoms with E-state index in [0.717, 1.165) is 32.4 Å². The molecule has 0 aliphatic carbocycles. The van der Waals surface area contributed by atoms with Crippen LogP contribution in [0.3, 0.4) is 0 Å². The van der Waals surface area contributed by atoms with Gasteiger partial charge in [-0.3, -0.25) is 9.69 Å². The van der Waals surface area contributed by atoms with Gasteiger partial charge in [0.1, 0.15) is 15.5 Å². The third kappa shape index (κ3) is 4.57. The third-order valence-electron chi connectivity index (χ3n) is 6.24. The summed E-state index contributed by atoms with van der Waals surface area (Å²) < 4.78 is 5.13. The molecule has 1 atom stereocenters. The van der Waals surface area contributed by atoms with Crippen LogP contribution in [-0.2, 0) is 11.2 Å². The van der Waals surface area contributed by atoms with E-state index in [4.69, 9.17) is 9.72 Å². The Morgan fingerprint density at radius 3 is 2.68 bits per heavy atom. The number of nitrogens with one attached hydrogen (secondary N) is 1. The average Bonchev–Trinajstić information content (AvgIpc) is 3.11. The van der Waals surface area contributed by atoms with E-state index in [1.54, 1.807) is 13.8 Å². The molecule has 7 heteroatoms. The number of carbonyl (C=O) groups is 1. The molecule has 1 aliphatic rings. The Labute approximate surface area is 186 Å². The standard InChI is InChI=1S/C24H29N3O3S/c1-4-30-24(29)20-15(2)19-22(28)25-21(26-23(19)31-20)16(3)27-12-10-18(11-13-27)14-17-8-6-5-7-9-17/h5-9,16,18H,4,10-14H2,1-3H3,(H,25,26,28). The second kappa shape index (κ2) is 9.32. The summed E-state index contributed by atoms with van der Waals surface area (Å²) in [5.41, 5.74) is 1.86. The first-order chi connectivity index (χ1) is 15.0. The molecular formula is C24H29N3O3S. The number of aryl methyl sites for hydroxylation is 1. The van der Waals surface area contributed by atoms with Crippen LogP contribution < -0.4 is 5.56 Å². The van der Waals surface area contributed by atoms with Gasteiger partial charge in [0.15, 0.2) is 0 Å². The first kappa shape index (κ1) is 21.7. The predicted molar refractivity (Wildman–Crippen MR) is 124 cm³/mol. The molecule has 1 aromatic carbocycles. The van der Waals surface area contributed by atoms with Crippen LogP contribution in [0, 0.1) is 12.8 Å². The van der Waals surface area contributed by atoms with Gasteiger partial charge < -0.3 is 9.72 Å². The molecule has 3 heterocycles. The number of aromatic amines is 1. The predicted octanol–water partition coefficient (Wildman–Crippen LogP) is 4.49. The fraction of sp³-hybridized carbons (Fsp3) is 0.458. The molecule has 1 unspecified atom stereocenters. The molecule has 0 radical (unpaired) electrons. The number of aromatic nitrogens is 2. The lowest BCUT2D eigenvalue weighted by molar-refractivity contribution is 0.0531. The van der Waals surface area contributed by atoms with Crippen molar-refractivity contribution in [1.29, 1.82) is 0 Å². The molecule has 0 amide bonds. The highest BCUT2D eigenvalue weighted by atomic mass is 32.1. The van der Waals surface area contributed by atoms with Crippen LogP contribution in [-0.4, -0.2) is 40.5 Å². The molecule has 31 heavy (non-hydrogen) atoms. The molecule has 3 aromatic rings. The Morgan fingerprint density at radius 1 is 1.29 bits per heavy atom. The summed E-state index contributed by atoms with van der Waals surface area (Å²) in [5, 5.41) is 0.491. The maximum absolute atomic E-state index is 12.8. The maximum Gasteiger partial charge on any atom is 0.348 e. The largest absolute Gasteiger partial charge is 0.462 e. The second-order valence-corrected chi connectivity index (χ2v) is 9.25. The third-order valence-corrected chi connectivity index (χ3v) is 7.41. The molecular weight excluding hydrogens is 410 g/mol. The highest BCUT2D eigenvalue weighted by molar-refractivity contribution is 7.20. The van der Waals surface area contributed by atoms with Crippen LogP contribution in [0.5, 0.6) is 0 Å². The number of carbonyl (C=O) groups excluding carboxylic acids is 1. The van der Waals surface area contributed by atoms with Gasteiger partial charge in [0.05, 0.1) is 18.0 Å². The second-order valence-electron chi connectivity index (χ2n) is 8.25. The van der Waals surface area contributed by atoms with Gasteiger partial charge in [-0.15, -0.1) is 11.3 Å². The number of H-pyrrole nitrogens is 1. The number of rotatable bonds is 6. The lowest BCUT2D eigenvalue weighted by atomic mass is 9.89. The van der Waals surface area contributed by atoms with Crippen molar-refractivity contribution < 1.29 is 9.53 Å². The lowest BCUT2D eigenvalue weighted by Crippen LogP contribution is -2.37. The number of piperidine rings is 1. The van der Waals surface area contributed by atoms with Crippen molar-refractivity contribution in [2.45, 2.75) is 46.1 Å². The Morgan fingerprint density at radius 2 is 2.00 bits per heavy atom. The normalized spacial score (nSPS) is 16.5. The first-order valence-corrected chi connectivity index (χ1v) is 11.8. The van der Waals surface area contributed by atoms with Gasteiger partial charge in [-0.2, -0.15) is 0 Å². The molecule has 1 aliphatic heterocycles. The minimum atomic E-state index is -0.391. The van der Waals surface area contributed by atoms with E-state index in [1.807, 2.05) is 0 Å². The van der Waals surface area contributed by atoms with E-state index in [-0.39, 0.29) is 11.6 Å². The van der Waals surface area contributed by atoms with Crippen LogP contribution in [0.15, 0.2) is 35.1 Å². The number of hydrogen-bond acceptors (Lipinski definition) is 6. The fourth-order valence-corrected chi connectivity index (χ4v) is 5.50. The fourth-order valence-electron chi connectivity index (χ4n) is 4.41. The van der Waals surface area contributed by atoms with Crippen molar-refractivity contribution in [2.24, 2.45) is 5.92 Å². The van der Waals surface area contributed by atoms with Crippen LogP contribution in [0.25, 0.3) is 10.2 Å². The van der Waals surface area contributed by atoms with Gasteiger partial charge in [0, 0.05) is 0 Å². The lowest BCUT2D eigenvalue weighted by Gasteiger charge is -2.35. The van der Waals surface area contributed by atoms with E-state index in [2.05, 4.69) is 47.1 Å². The number of ether oxygens (including phenoxy) is 1. The zero-order valence-electron chi connectivity index (χ0n) is 18.3. The number of thiophene rings is 1. The van der Waals surface area contributed by atoms with Crippen molar-refractivity contribution in [3.63, 3.8) is 0 Å². The minimum absolute atomic E-state index is 0.0169. The van der Waals surface area contributed by atoms with Crippen LogP contribution in [0.1, 0.15) is 59.4 Å². The molecule has 0 bridgehead atoms. The van der Waals surface area contributed by atoms with Gasteiger partial charge >= 0.3 is 5.97 Å². The number of benzene rings is 1. The highest BCUT2D eigenvalue weighted by Crippen LogP contribution is 2.30. The van der Waals surface area contributed by atoms with Crippen molar-refractivity contribution in [3.8, 4) is 0 Å². The Kier molecular flexibility index (Phi) is 6.53. The Bertz CT molecular complexity index is 1110. The molecule has 4 rings (SSSR count). The number of fused-ring (bicyclic) bond motifs is 1. The average molecular weight is 440 g/mol. The van der Waals surface area contributed by atoms with E-state index < -0.39 is 5.97 Å². The summed E-state index contributed by atoms with van der Waals surface area (Å²) in [4.78, 5) is 36.2. The van der Waals surface area contributed by atoms with Gasteiger partial charge in [-0.25, -0.2) is 9.78 Å². The summed E-state index contributed by atoms with van der Waals surface area (Å²) in [6.45, 7) is 7.92.